The molecule has 1 fully saturated rings. The lowest BCUT2D eigenvalue weighted by Gasteiger charge is -2.34. The summed E-state index contributed by atoms with van der Waals surface area (Å²) in [5.74, 6) is 0.0957. The quantitative estimate of drug-likeness (QED) is 0.841. The van der Waals surface area contributed by atoms with Gasteiger partial charge in [0.05, 0.1) is 23.3 Å². The Bertz CT molecular complexity index is 751. The number of carbonyl (C=O) groups excluding carboxylic acids is 2. The minimum Gasteiger partial charge on any atom is -0.397 e. The lowest BCUT2D eigenvalue weighted by atomic mass is 10.1. The molecule has 0 aliphatic carbocycles. The summed E-state index contributed by atoms with van der Waals surface area (Å²) in [5.41, 5.74) is 8.02. The number of rotatable bonds is 2. The summed E-state index contributed by atoms with van der Waals surface area (Å²) in [5, 5.41) is 0.969. The fourth-order valence-corrected chi connectivity index (χ4v) is 2.85. The summed E-state index contributed by atoms with van der Waals surface area (Å²) < 4.78 is 0. The minimum atomic E-state index is 0.0366. The van der Waals surface area contributed by atoms with Gasteiger partial charge in [-0.2, -0.15) is 0 Å². The molecule has 1 aromatic heterocycles. The van der Waals surface area contributed by atoms with E-state index in [4.69, 9.17) is 5.73 Å². The Morgan fingerprint density at radius 2 is 1.78 bits per heavy atom. The van der Waals surface area contributed by atoms with Crippen molar-refractivity contribution in [2.75, 3.05) is 31.9 Å². The van der Waals surface area contributed by atoms with Crippen LogP contribution in [0.5, 0.6) is 0 Å². The molecule has 23 heavy (non-hydrogen) atoms. The summed E-state index contributed by atoms with van der Waals surface area (Å²) in [7, 11) is 0. The first-order valence-electron chi connectivity index (χ1n) is 7.72. The number of piperazine rings is 1. The van der Waals surface area contributed by atoms with Crippen LogP contribution in [-0.2, 0) is 16.0 Å². The number of hydrogen-bond acceptors (Lipinski definition) is 4. The number of para-hydroxylation sites is 1. The lowest BCUT2D eigenvalue weighted by Crippen LogP contribution is -2.50. The number of nitrogen functional groups attached to an aromatic ring is 1. The molecule has 2 amide bonds. The first-order chi connectivity index (χ1) is 11.0. The number of amides is 2. The van der Waals surface area contributed by atoms with E-state index in [2.05, 4.69) is 4.98 Å². The summed E-state index contributed by atoms with van der Waals surface area (Å²) in [6.45, 7) is 3.90. The highest BCUT2D eigenvalue weighted by Gasteiger charge is 2.22. The highest BCUT2D eigenvalue weighted by Crippen LogP contribution is 2.19. The van der Waals surface area contributed by atoms with Gasteiger partial charge in [0, 0.05) is 38.5 Å². The van der Waals surface area contributed by atoms with Crippen molar-refractivity contribution in [1.82, 2.24) is 14.8 Å². The van der Waals surface area contributed by atoms with Crippen LogP contribution in [0.1, 0.15) is 12.6 Å². The number of anilines is 1. The van der Waals surface area contributed by atoms with Gasteiger partial charge in [0.15, 0.2) is 0 Å². The molecule has 0 radical (unpaired) electrons. The molecule has 6 nitrogen and oxygen atoms in total. The maximum absolute atomic E-state index is 12.4. The third-order valence-electron chi connectivity index (χ3n) is 4.22. The molecule has 2 N–H and O–H groups in total. The van der Waals surface area contributed by atoms with E-state index in [-0.39, 0.29) is 18.2 Å². The van der Waals surface area contributed by atoms with E-state index in [1.165, 1.54) is 0 Å². The number of pyridine rings is 1. The summed E-state index contributed by atoms with van der Waals surface area (Å²) in [4.78, 5) is 31.8. The zero-order valence-corrected chi connectivity index (χ0v) is 13.2. The van der Waals surface area contributed by atoms with Crippen molar-refractivity contribution in [3.63, 3.8) is 0 Å². The van der Waals surface area contributed by atoms with Crippen LogP contribution in [-0.4, -0.2) is 52.8 Å². The molecule has 3 rings (SSSR count). The zero-order valence-electron chi connectivity index (χ0n) is 13.2. The molecule has 6 heteroatoms. The maximum Gasteiger partial charge on any atom is 0.228 e. The molecule has 1 aliphatic heterocycles. The van der Waals surface area contributed by atoms with Gasteiger partial charge in [-0.25, -0.2) is 0 Å². The van der Waals surface area contributed by atoms with Crippen LogP contribution in [0.2, 0.25) is 0 Å². The number of carbonyl (C=O) groups is 2. The van der Waals surface area contributed by atoms with Crippen LogP contribution in [0.3, 0.4) is 0 Å². The van der Waals surface area contributed by atoms with Crippen molar-refractivity contribution in [2.45, 2.75) is 13.3 Å². The number of hydrogen-bond donors (Lipinski definition) is 1. The Labute approximate surface area is 134 Å². The maximum atomic E-state index is 12.4. The molecule has 0 unspecified atom stereocenters. The van der Waals surface area contributed by atoms with E-state index >= 15 is 0 Å². The van der Waals surface area contributed by atoms with Crippen LogP contribution < -0.4 is 5.73 Å². The zero-order chi connectivity index (χ0) is 16.4. The topological polar surface area (TPSA) is 79.5 Å². The Morgan fingerprint density at radius 1 is 1.09 bits per heavy atom. The molecule has 120 valence electrons. The van der Waals surface area contributed by atoms with Gasteiger partial charge in [-0.1, -0.05) is 18.2 Å². The highest BCUT2D eigenvalue weighted by molar-refractivity contribution is 5.89. The summed E-state index contributed by atoms with van der Waals surface area (Å²) in [6.07, 6.45) is 0.254. The van der Waals surface area contributed by atoms with Crippen LogP contribution in [0.25, 0.3) is 10.9 Å². The van der Waals surface area contributed by atoms with Crippen LogP contribution in [0.15, 0.2) is 30.3 Å². The predicted molar refractivity (Wildman–Crippen MR) is 88.7 cm³/mol. The minimum absolute atomic E-state index is 0.0366. The van der Waals surface area contributed by atoms with E-state index < -0.39 is 0 Å². The van der Waals surface area contributed by atoms with Crippen molar-refractivity contribution in [3.8, 4) is 0 Å². The van der Waals surface area contributed by atoms with Gasteiger partial charge < -0.3 is 15.5 Å². The first kappa shape index (κ1) is 15.3. The molecular weight excluding hydrogens is 292 g/mol. The van der Waals surface area contributed by atoms with E-state index in [1.807, 2.05) is 30.3 Å². The molecular formula is C17H20N4O2. The van der Waals surface area contributed by atoms with Gasteiger partial charge in [0.1, 0.15) is 0 Å². The van der Waals surface area contributed by atoms with Crippen LogP contribution >= 0.6 is 0 Å². The standard InChI is InChI=1S/C17H20N4O2/c1-12(22)20-7-9-21(10-8-20)16(23)11-14-6-5-13-3-2-4-15(18)17(13)19-14/h2-6H,7-11,18H2,1H3. The van der Waals surface area contributed by atoms with Gasteiger partial charge >= 0.3 is 0 Å². The average Bonchev–Trinajstić information content (AvgIpc) is 2.55. The Hall–Kier alpha value is -2.63. The molecule has 2 aromatic rings. The Kier molecular flexibility index (Phi) is 4.14. The normalized spacial score (nSPS) is 15.0. The third kappa shape index (κ3) is 3.26. The van der Waals surface area contributed by atoms with Gasteiger partial charge in [-0.15, -0.1) is 0 Å². The molecule has 0 saturated carbocycles. The molecule has 2 heterocycles. The number of nitrogens with zero attached hydrogens (tertiary/aromatic N) is 3. The number of benzene rings is 1. The van der Waals surface area contributed by atoms with Crippen LogP contribution in [0.4, 0.5) is 5.69 Å². The Balaban J connectivity index is 1.69. The lowest BCUT2D eigenvalue weighted by molar-refractivity contribution is -0.138. The second-order valence-corrected chi connectivity index (χ2v) is 5.79. The second kappa shape index (κ2) is 6.24. The number of aromatic nitrogens is 1. The molecule has 1 saturated heterocycles. The van der Waals surface area contributed by atoms with Gasteiger partial charge in [0.2, 0.25) is 11.8 Å². The molecule has 1 aliphatic rings. The van der Waals surface area contributed by atoms with Crippen LogP contribution in [0, 0.1) is 0 Å². The summed E-state index contributed by atoms with van der Waals surface area (Å²) >= 11 is 0. The molecule has 0 spiro atoms. The summed E-state index contributed by atoms with van der Waals surface area (Å²) in [6, 6.07) is 9.45. The second-order valence-electron chi connectivity index (χ2n) is 5.79. The first-order valence-corrected chi connectivity index (χ1v) is 7.72. The van der Waals surface area contributed by atoms with E-state index in [1.54, 1.807) is 16.7 Å². The number of fused-ring (bicyclic) bond motifs is 1. The van der Waals surface area contributed by atoms with E-state index in [0.717, 1.165) is 16.6 Å². The molecule has 1 aromatic carbocycles. The van der Waals surface area contributed by atoms with Crippen molar-refractivity contribution in [2.24, 2.45) is 0 Å². The van der Waals surface area contributed by atoms with Gasteiger partial charge in [0.25, 0.3) is 0 Å². The van der Waals surface area contributed by atoms with Crippen molar-refractivity contribution in [1.29, 1.82) is 0 Å². The third-order valence-corrected chi connectivity index (χ3v) is 4.22. The Morgan fingerprint density at radius 3 is 2.48 bits per heavy atom. The monoisotopic (exact) mass is 312 g/mol. The van der Waals surface area contributed by atoms with E-state index in [0.29, 0.717) is 31.9 Å². The highest BCUT2D eigenvalue weighted by atomic mass is 16.2. The van der Waals surface area contributed by atoms with Crippen molar-refractivity contribution in [3.05, 3.63) is 36.0 Å². The molecule has 0 atom stereocenters. The fraction of sp³-hybridized carbons (Fsp3) is 0.353. The average molecular weight is 312 g/mol. The van der Waals surface area contributed by atoms with Gasteiger partial charge in [-0.05, 0) is 12.1 Å². The smallest absolute Gasteiger partial charge is 0.228 e. The fourth-order valence-electron chi connectivity index (χ4n) is 2.85. The van der Waals surface area contributed by atoms with Crippen molar-refractivity contribution >= 4 is 28.4 Å². The largest absolute Gasteiger partial charge is 0.397 e. The SMILES string of the molecule is CC(=O)N1CCN(C(=O)Cc2ccc3cccc(N)c3n2)CC1. The predicted octanol–water partition coefficient (Wildman–Crippen LogP) is 1.05. The molecule has 0 bridgehead atoms. The number of nitrogens with two attached hydrogens (primary N) is 1. The van der Waals surface area contributed by atoms with Gasteiger partial charge in [-0.3, -0.25) is 14.6 Å². The van der Waals surface area contributed by atoms with E-state index in [9.17, 15) is 9.59 Å². The van der Waals surface area contributed by atoms with Crippen molar-refractivity contribution < 1.29 is 9.59 Å².